The van der Waals surface area contributed by atoms with Crippen LogP contribution in [0.1, 0.15) is 92.9 Å². The number of hydrogen-bond acceptors (Lipinski definition) is 1. The van der Waals surface area contributed by atoms with Gasteiger partial charge in [-0.2, -0.15) is 0 Å². The van der Waals surface area contributed by atoms with Crippen molar-refractivity contribution in [2.75, 3.05) is 6.61 Å². The second-order valence-electron chi connectivity index (χ2n) is 9.59. The van der Waals surface area contributed by atoms with E-state index in [4.69, 9.17) is 4.74 Å². The zero-order chi connectivity index (χ0) is 17.1. The molecule has 1 nitrogen and oxygen atoms in total. The summed E-state index contributed by atoms with van der Waals surface area (Å²) in [6.07, 6.45) is 13.6. The summed E-state index contributed by atoms with van der Waals surface area (Å²) in [6.45, 7) is 15.2. The summed E-state index contributed by atoms with van der Waals surface area (Å²) < 4.78 is 6.25. The molecule has 1 heteroatoms. The molecule has 0 radical (unpaired) electrons. The number of hydrogen-bond donors (Lipinski definition) is 0. The van der Waals surface area contributed by atoms with Gasteiger partial charge in [-0.1, -0.05) is 52.7 Å². The molecule has 23 heavy (non-hydrogen) atoms. The Morgan fingerprint density at radius 2 is 1.96 bits per heavy atom. The third kappa shape index (κ3) is 4.62. The van der Waals surface area contributed by atoms with Gasteiger partial charge < -0.3 is 4.74 Å². The van der Waals surface area contributed by atoms with Gasteiger partial charge in [-0.25, -0.2) is 0 Å². The molecule has 134 valence electrons. The fourth-order valence-electron chi connectivity index (χ4n) is 5.21. The third-order valence-electron chi connectivity index (χ3n) is 6.51. The van der Waals surface area contributed by atoms with Crippen LogP contribution in [0.3, 0.4) is 0 Å². The molecule has 2 saturated carbocycles. The summed E-state index contributed by atoms with van der Waals surface area (Å²) in [6, 6.07) is 0. The Bertz CT molecular complexity index is 403. The minimum Gasteiger partial charge on any atom is -0.378 e. The number of rotatable bonds is 6. The zero-order valence-electron chi connectivity index (χ0n) is 16.6. The molecule has 0 amide bonds. The SMILES string of the molecule is CCCOC1CCCC2(C)C(C(C)=CCCC(C)(C)C)CCC12. The van der Waals surface area contributed by atoms with Crippen molar-refractivity contribution in [2.24, 2.45) is 22.7 Å². The zero-order valence-corrected chi connectivity index (χ0v) is 16.6. The van der Waals surface area contributed by atoms with Gasteiger partial charge in [0.2, 0.25) is 0 Å². The second kappa shape index (κ2) is 7.72. The lowest BCUT2D eigenvalue weighted by Gasteiger charge is -2.45. The van der Waals surface area contributed by atoms with Crippen LogP contribution < -0.4 is 0 Å². The molecular weight excluding hydrogens is 280 g/mol. The highest BCUT2D eigenvalue weighted by atomic mass is 16.5. The highest BCUT2D eigenvalue weighted by molar-refractivity contribution is 5.15. The van der Waals surface area contributed by atoms with Crippen molar-refractivity contribution in [1.29, 1.82) is 0 Å². The maximum Gasteiger partial charge on any atom is 0.0608 e. The van der Waals surface area contributed by atoms with Crippen molar-refractivity contribution in [3.05, 3.63) is 11.6 Å². The fraction of sp³-hybridized carbons (Fsp3) is 0.909. The van der Waals surface area contributed by atoms with Crippen LogP contribution in [0, 0.1) is 22.7 Å². The van der Waals surface area contributed by atoms with E-state index in [0.717, 1.165) is 24.9 Å². The summed E-state index contributed by atoms with van der Waals surface area (Å²) in [7, 11) is 0. The molecule has 0 aromatic heterocycles. The molecule has 0 heterocycles. The average Bonchev–Trinajstić information content (AvgIpc) is 2.81. The van der Waals surface area contributed by atoms with Gasteiger partial charge in [-0.3, -0.25) is 0 Å². The number of allylic oxidation sites excluding steroid dienone is 2. The molecule has 0 aromatic rings. The standard InChI is InChI=1S/C22H40O/c1-7-16-23-20-11-9-15-22(6)18(12-13-19(20)22)17(2)10-8-14-21(3,4)5/h10,18-20H,7-9,11-16H2,1-6H3. The Hall–Kier alpha value is -0.300. The van der Waals surface area contributed by atoms with Crippen LogP contribution in [0.4, 0.5) is 0 Å². The van der Waals surface area contributed by atoms with Crippen LogP contribution in [0.25, 0.3) is 0 Å². The lowest BCUT2D eigenvalue weighted by molar-refractivity contribution is -0.0599. The summed E-state index contributed by atoms with van der Waals surface area (Å²) in [5.41, 5.74) is 2.59. The normalized spacial score (nSPS) is 35.4. The Labute approximate surface area is 145 Å². The van der Waals surface area contributed by atoms with Gasteiger partial charge in [0, 0.05) is 6.61 Å². The molecule has 2 aliphatic carbocycles. The quantitative estimate of drug-likeness (QED) is 0.491. The van der Waals surface area contributed by atoms with Crippen molar-refractivity contribution < 1.29 is 4.74 Å². The second-order valence-corrected chi connectivity index (χ2v) is 9.59. The first-order valence-electron chi connectivity index (χ1n) is 10.1. The molecular formula is C22H40O. The minimum atomic E-state index is 0.447. The molecule has 0 saturated heterocycles. The van der Waals surface area contributed by atoms with E-state index in [0.29, 0.717) is 16.9 Å². The van der Waals surface area contributed by atoms with Crippen molar-refractivity contribution in [2.45, 2.75) is 99.0 Å². The molecule has 4 unspecified atom stereocenters. The van der Waals surface area contributed by atoms with Gasteiger partial charge in [-0.15, -0.1) is 0 Å². The van der Waals surface area contributed by atoms with Crippen LogP contribution in [0.15, 0.2) is 11.6 Å². The molecule has 0 N–H and O–H groups in total. The van der Waals surface area contributed by atoms with E-state index < -0.39 is 0 Å². The van der Waals surface area contributed by atoms with Crippen LogP contribution in [-0.4, -0.2) is 12.7 Å². The predicted octanol–water partition coefficient (Wildman–Crippen LogP) is 6.77. The molecule has 0 bridgehead atoms. The largest absolute Gasteiger partial charge is 0.378 e. The minimum absolute atomic E-state index is 0.447. The van der Waals surface area contributed by atoms with Crippen LogP contribution >= 0.6 is 0 Å². The Kier molecular flexibility index (Phi) is 6.39. The van der Waals surface area contributed by atoms with E-state index in [-0.39, 0.29) is 0 Å². The molecule has 0 spiro atoms. The van der Waals surface area contributed by atoms with E-state index in [1.807, 2.05) is 0 Å². The van der Waals surface area contributed by atoms with Gasteiger partial charge in [0.25, 0.3) is 0 Å². The van der Waals surface area contributed by atoms with E-state index in [9.17, 15) is 0 Å². The first kappa shape index (κ1) is 19.0. The summed E-state index contributed by atoms with van der Waals surface area (Å²) in [4.78, 5) is 0. The Balaban J connectivity index is 2.02. The van der Waals surface area contributed by atoms with Crippen LogP contribution in [0.2, 0.25) is 0 Å². The predicted molar refractivity (Wildman–Crippen MR) is 101 cm³/mol. The van der Waals surface area contributed by atoms with Gasteiger partial charge in [0.05, 0.1) is 6.10 Å². The summed E-state index contributed by atoms with van der Waals surface area (Å²) >= 11 is 0. The van der Waals surface area contributed by atoms with E-state index >= 15 is 0 Å². The Morgan fingerprint density at radius 3 is 2.61 bits per heavy atom. The molecule has 0 aliphatic heterocycles. The highest BCUT2D eigenvalue weighted by Gasteiger charge is 2.51. The monoisotopic (exact) mass is 320 g/mol. The molecule has 0 aromatic carbocycles. The summed E-state index contributed by atoms with van der Waals surface area (Å²) in [5, 5.41) is 0. The summed E-state index contributed by atoms with van der Waals surface area (Å²) in [5.74, 6) is 1.58. The lowest BCUT2D eigenvalue weighted by Crippen LogP contribution is -2.41. The topological polar surface area (TPSA) is 9.23 Å². The third-order valence-corrected chi connectivity index (χ3v) is 6.51. The maximum absolute atomic E-state index is 6.25. The highest BCUT2D eigenvalue weighted by Crippen LogP contribution is 2.58. The molecule has 2 aliphatic rings. The van der Waals surface area contributed by atoms with Crippen LogP contribution in [-0.2, 0) is 4.74 Å². The first-order valence-corrected chi connectivity index (χ1v) is 10.1. The van der Waals surface area contributed by atoms with Crippen molar-refractivity contribution in [3.8, 4) is 0 Å². The smallest absolute Gasteiger partial charge is 0.0608 e. The fourth-order valence-corrected chi connectivity index (χ4v) is 5.21. The Morgan fingerprint density at radius 1 is 1.22 bits per heavy atom. The van der Waals surface area contributed by atoms with E-state index in [2.05, 4.69) is 47.6 Å². The first-order chi connectivity index (χ1) is 10.8. The van der Waals surface area contributed by atoms with Gasteiger partial charge >= 0.3 is 0 Å². The molecule has 2 rings (SSSR count). The number of fused-ring (bicyclic) bond motifs is 1. The van der Waals surface area contributed by atoms with Crippen molar-refractivity contribution in [1.82, 2.24) is 0 Å². The van der Waals surface area contributed by atoms with Gasteiger partial charge in [0.15, 0.2) is 0 Å². The van der Waals surface area contributed by atoms with Crippen molar-refractivity contribution in [3.63, 3.8) is 0 Å². The molecule has 2 fully saturated rings. The van der Waals surface area contributed by atoms with Crippen molar-refractivity contribution >= 4 is 0 Å². The van der Waals surface area contributed by atoms with Gasteiger partial charge in [0.1, 0.15) is 0 Å². The molecule has 4 atom stereocenters. The lowest BCUT2D eigenvalue weighted by atomic mass is 9.63. The van der Waals surface area contributed by atoms with Gasteiger partial charge in [-0.05, 0) is 74.5 Å². The van der Waals surface area contributed by atoms with E-state index in [1.165, 1.54) is 44.9 Å². The number of ether oxygens (including phenoxy) is 1. The van der Waals surface area contributed by atoms with Crippen LogP contribution in [0.5, 0.6) is 0 Å². The average molecular weight is 321 g/mol. The van der Waals surface area contributed by atoms with E-state index in [1.54, 1.807) is 5.57 Å². The maximum atomic E-state index is 6.25.